The van der Waals surface area contributed by atoms with Crippen molar-refractivity contribution in [1.29, 1.82) is 0 Å². The van der Waals surface area contributed by atoms with E-state index >= 15 is 0 Å². The number of imidazole rings is 1. The number of amides is 3. The van der Waals surface area contributed by atoms with Gasteiger partial charge in [-0.1, -0.05) is 12.1 Å². The number of benzene rings is 1. The van der Waals surface area contributed by atoms with Crippen LogP contribution in [0.15, 0.2) is 36.8 Å². The number of aromatic amines is 1. The molecule has 0 aliphatic rings. The van der Waals surface area contributed by atoms with Crippen LogP contribution in [0.3, 0.4) is 0 Å². The first kappa shape index (κ1) is 30.6. The van der Waals surface area contributed by atoms with Gasteiger partial charge in [0.25, 0.3) is 0 Å². The van der Waals surface area contributed by atoms with Gasteiger partial charge < -0.3 is 42.6 Å². The SMILES string of the molecule is NCCCCC(NC(=O)C(Cc1cnc[nH]1)NC(=O)C(CS)NC(=O)C(N)Cc1ccc(O)cc1)C(=O)O. The van der Waals surface area contributed by atoms with Crippen LogP contribution in [0.1, 0.15) is 30.5 Å². The Balaban J connectivity index is 2.06. The molecule has 1 aromatic heterocycles. The molecular weight excluding hydrogens is 514 g/mol. The first-order valence-corrected chi connectivity index (χ1v) is 12.7. The number of carbonyl (C=O) groups is 4. The molecule has 0 saturated carbocycles. The van der Waals surface area contributed by atoms with Gasteiger partial charge in [-0.3, -0.25) is 14.4 Å². The van der Waals surface area contributed by atoms with Crippen LogP contribution in [0.25, 0.3) is 0 Å². The highest BCUT2D eigenvalue weighted by molar-refractivity contribution is 7.80. The summed E-state index contributed by atoms with van der Waals surface area (Å²) in [7, 11) is 0. The molecule has 2 rings (SSSR count). The second-order valence-electron chi connectivity index (χ2n) is 8.75. The van der Waals surface area contributed by atoms with Crippen LogP contribution in [-0.2, 0) is 32.0 Å². The standard InChI is InChI=1S/C24H35N7O6S/c25-8-2-1-3-18(24(36)37)29-22(34)19(10-15-11-27-13-28-15)30-23(35)20(12-38)31-21(33)17(26)9-14-4-6-16(32)7-5-14/h4-7,11,13,17-20,32,38H,1-3,8-10,12,25-26H2,(H,27,28)(H,29,34)(H,30,35)(H,31,33)(H,36,37). The Hall–Kier alpha value is -3.62. The third-order valence-electron chi connectivity index (χ3n) is 5.72. The second kappa shape index (κ2) is 15.6. The average molecular weight is 550 g/mol. The molecule has 14 heteroatoms. The monoisotopic (exact) mass is 549 g/mol. The predicted octanol–water partition coefficient (Wildman–Crippen LogP) is -1.17. The van der Waals surface area contributed by atoms with Gasteiger partial charge >= 0.3 is 5.97 Å². The average Bonchev–Trinajstić information content (AvgIpc) is 3.40. The molecule has 10 N–H and O–H groups in total. The van der Waals surface area contributed by atoms with Gasteiger partial charge in [0, 0.05) is 24.1 Å². The number of rotatable bonds is 16. The molecule has 1 heterocycles. The zero-order valence-corrected chi connectivity index (χ0v) is 21.7. The summed E-state index contributed by atoms with van der Waals surface area (Å²) in [5, 5.41) is 26.5. The number of aromatic nitrogens is 2. The van der Waals surface area contributed by atoms with E-state index in [0.717, 1.165) is 0 Å². The van der Waals surface area contributed by atoms with Crippen LogP contribution in [0.2, 0.25) is 0 Å². The Morgan fingerprint density at radius 2 is 1.58 bits per heavy atom. The highest BCUT2D eigenvalue weighted by atomic mass is 32.1. The van der Waals surface area contributed by atoms with Crippen LogP contribution in [0, 0.1) is 0 Å². The van der Waals surface area contributed by atoms with Crippen LogP contribution < -0.4 is 27.4 Å². The lowest BCUT2D eigenvalue weighted by molar-refractivity contribution is -0.142. The lowest BCUT2D eigenvalue weighted by atomic mass is 10.1. The second-order valence-corrected chi connectivity index (χ2v) is 9.11. The van der Waals surface area contributed by atoms with E-state index < -0.39 is 47.9 Å². The van der Waals surface area contributed by atoms with Crippen molar-refractivity contribution in [1.82, 2.24) is 25.9 Å². The maximum atomic E-state index is 13.0. The highest BCUT2D eigenvalue weighted by Crippen LogP contribution is 2.11. The van der Waals surface area contributed by atoms with Gasteiger partial charge in [-0.15, -0.1) is 0 Å². The van der Waals surface area contributed by atoms with Gasteiger partial charge in [0.1, 0.15) is 23.9 Å². The maximum Gasteiger partial charge on any atom is 0.326 e. The van der Waals surface area contributed by atoms with Crippen molar-refractivity contribution in [2.24, 2.45) is 11.5 Å². The summed E-state index contributed by atoms with van der Waals surface area (Å²) in [6, 6.07) is 1.79. The van der Waals surface area contributed by atoms with E-state index in [9.17, 15) is 29.4 Å². The van der Waals surface area contributed by atoms with Crippen molar-refractivity contribution in [3.8, 4) is 5.75 Å². The molecule has 3 amide bonds. The summed E-state index contributed by atoms with van der Waals surface area (Å²) in [5.74, 6) is -3.21. The number of carbonyl (C=O) groups excluding carboxylic acids is 3. The first-order chi connectivity index (χ1) is 18.1. The van der Waals surface area contributed by atoms with Crippen LogP contribution in [0.4, 0.5) is 0 Å². The summed E-state index contributed by atoms with van der Waals surface area (Å²) in [6.07, 6.45) is 4.33. The molecular formula is C24H35N7O6S. The van der Waals surface area contributed by atoms with E-state index in [0.29, 0.717) is 30.6 Å². The van der Waals surface area contributed by atoms with Crippen LogP contribution in [-0.4, -0.2) is 80.3 Å². The number of aliphatic carboxylic acids is 1. The van der Waals surface area contributed by atoms with E-state index in [1.807, 2.05) is 0 Å². The van der Waals surface area contributed by atoms with Crippen LogP contribution in [0.5, 0.6) is 5.75 Å². The number of hydrogen-bond donors (Lipinski definition) is 9. The zero-order valence-electron chi connectivity index (χ0n) is 20.8. The molecule has 38 heavy (non-hydrogen) atoms. The number of phenols is 1. The van der Waals surface area contributed by atoms with E-state index in [1.54, 1.807) is 12.1 Å². The fourth-order valence-corrected chi connectivity index (χ4v) is 3.83. The molecule has 0 spiro atoms. The summed E-state index contributed by atoms with van der Waals surface area (Å²) in [6.45, 7) is 0.397. The van der Waals surface area contributed by atoms with Crippen LogP contribution >= 0.6 is 12.6 Å². The quantitative estimate of drug-likeness (QED) is 0.0906. The van der Waals surface area contributed by atoms with Gasteiger partial charge in [0.2, 0.25) is 17.7 Å². The first-order valence-electron chi connectivity index (χ1n) is 12.1. The largest absolute Gasteiger partial charge is 0.508 e. The normalized spacial score (nSPS) is 14.1. The van der Waals surface area contributed by atoms with Gasteiger partial charge in [0.05, 0.1) is 12.4 Å². The fourth-order valence-electron chi connectivity index (χ4n) is 3.57. The maximum absolute atomic E-state index is 13.0. The third-order valence-corrected chi connectivity index (χ3v) is 6.08. The molecule has 1 aromatic carbocycles. The zero-order chi connectivity index (χ0) is 28.1. The highest BCUT2D eigenvalue weighted by Gasteiger charge is 2.30. The number of nitrogens with zero attached hydrogens (tertiary/aromatic N) is 1. The molecule has 13 nitrogen and oxygen atoms in total. The molecule has 0 bridgehead atoms. The summed E-state index contributed by atoms with van der Waals surface area (Å²) < 4.78 is 0. The molecule has 0 fully saturated rings. The van der Waals surface area contributed by atoms with Crippen molar-refractivity contribution in [2.75, 3.05) is 12.3 Å². The van der Waals surface area contributed by atoms with Gasteiger partial charge in [-0.25, -0.2) is 9.78 Å². The number of phenolic OH excluding ortho intramolecular Hbond substituents is 1. The van der Waals surface area contributed by atoms with Gasteiger partial charge in [0.15, 0.2) is 0 Å². The number of thiol groups is 1. The number of unbranched alkanes of at least 4 members (excludes halogenated alkanes) is 1. The molecule has 2 aromatic rings. The van der Waals surface area contributed by atoms with Gasteiger partial charge in [-0.2, -0.15) is 12.6 Å². The number of hydrogen-bond acceptors (Lipinski definition) is 9. The number of H-pyrrole nitrogens is 1. The topological polar surface area (TPSA) is 226 Å². The van der Waals surface area contributed by atoms with Crippen molar-refractivity contribution in [3.63, 3.8) is 0 Å². The van der Waals surface area contributed by atoms with Crippen molar-refractivity contribution in [2.45, 2.75) is 56.3 Å². The number of carboxylic acids is 1. The minimum atomic E-state index is -1.20. The van der Waals surface area contributed by atoms with E-state index in [2.05, 4.69) is 38.5 Å². The Morgan fingerprint density at radius 3 is 2.16 bits per heavy atom. The smallest absolute Gasteiger partial charge is 0.326 e. The molecule has 0 aliphatic carbocycles. The Kier molecular flexibility index (Phi) is 12.6. The molecule has 208 valence electrons. The fraction of sp³-hybridized carbons (Fsp3) is 0.458. The molecule has 0 aliphatic heterocycles. The Labute approximate surface area is 225 Å². The summed E-state index contributed by atoms with van der Waals surface area (Å²) in [5.41, 5.74) is 12.7. The lowest BCUT2D eigenvalue weighted by Gasteiger charge is -2.24. The van der Waals surface area contributed by atoms with Crippen molar-refractivity contribution >= 4 is 36.3 Å². The van der Waals surface area contributed by atoms with Crippen molar-refractivity contribution < 1.29 is 29.4 Å². The minimum Gasteiger partial charge on any atom is -0.508 e. The summed E-state index contributed by atoms with van der Waals surface area (Å²) >= 11 is 4.15. The van der Waals surface area contributed by atoms with Gasteiger partial charge in [-0.05, 0) is 49.9 Å². The molecule has 4 unspecified atom stereocenters. The molecule has 0 radical (unpaired) electrons. The van der Waals surface area contributed by atoms with E-state index in [1.165, 1.54) is 24.7 Å². The Bertz CT molecular complexity index is 1050. The van der Waals surface area contributed by atoms with E-state index in [-0.39, 0.29) is 30.8 Å². The summed E-state index contributed by atoms with van der Waals surface area (Å²) in [4.78, 5) is 57.1. The Morgan fingerprint density at radius 1 is 0.947 bits per heavy atom. The molecule has 0 saturated heterocycles. The number of aromatic hydroxyl groups is 1. The minimum absolute atomic E-state index is 0.000314. The number of nitrogens with two attached hydrogens (primary N) is 2. The third kappa shape index (κ3) is 10.0. The number of carboxylic acid groups (broad SMARTS) is 1. The lowest BCUT2D eigenvalue weighted by Crippen LogP contribution is -2.58. The number of nitrogens with one attached hydrogen (secondary N) is 4. The van der Waals surface area contributed by atoms with E-state index in [4.69, 9.17) is 11.5 Å². The predicted molar refractivity (Wildman–Crippen MR) is 142 cm³/mol. The van der Waals surface area contributed by atoms with Crippen molar-refractivity contribution in [3.05, 3.63) is 48.0 Å². The molecule has 4 atom stereocenters.